The molecule has 5 heteroatoms. The molecule has 0 aliphatic carbocycles. The highest BCUT2D eigenvalue weighted by Gasteiger charge is 2.05. The normalized spacial score (nSPS) is 10.1. The highest BCUT2D eigenvalue weighted by atomic mass is 35.5. The molecule has 18 heavy (non-hydrogen) atoms. The lowest BCUT2D eigenvalue weighted by atomic mass is 10.3. The number of nitrogens with zero attached hydrogens (tertiary/aromatic N) is 1. The lowest BCUT2D eigenvalue weighted by Crippen LogP contribution is -1.97. The molecule has 0 spiro atoms. The van der Waals surface area contributed by atoms with Crippen LogP contribution in [0.1, 0.15) is 6.92 Å². The van der Waals surface area contributed by atoms with Gasteiger partial charge in [-0.2, -0.15) is 4.98 Å². The minimum Gasteiger partial charge on any atom is -0.478 e. The van der Waals surface area contributed by atoms with Gasteiger partial charge in [-0.3, -0.25) is 0 Å². The average molecular weight is 265 g/mol. The number of nitrogens with two attached hydrogens (primary N) is 1. The molecule has 1 aromatic carbocycles. The summed E-state index contributed by atoms with van der Waals surface area (Å²) in [5, 5.41) is 0.556. The second-order valence-electron chi connectivity index (χ2n) is 3.53. The Morgan fingerprint density at radius 2 is 2.00 bits per heavy atom. The first-order valence-corrected chi connectivity index (χ1v) is 5.89. The number of ether oxygens (including phenoxy) is 2. The molecule has 0 saturated heterocycles. The molecule has 2 N–H and O–H groups in total. The van der Waals surface area contributed by atoms with Gasteiger partial charge in [0.2, 0.25) is 11.8 Å². The van der Waals surface area contributed by atoms with Crippen LogP contribution in [0.25, 0.3) is 0 Å². The number of halogens is 1. The van der Waals surface area contributed by atoms with E-state index in [-0.39, 0.29) is 0 Å². The standard InChI is InChI=1S/C13H13ClN2O2/c1-2-17-12-4-3-5-13(16-12)18-11-8-9(14)6-7-10(11)15/h3-8H,2,15H2,1H3. The van der Waals surface area contributed by atoms with Crippen molar-refractivity contribution in [2.75, 3.05) is 12.3 Å². The van der Waals surface area contributed by atoms with Crippen LogP contribution in [-0.4, -0.2) is 11.6 Å². The molecular weight excluding hydrogens is 252 g/mol. The van der Waals surface area contributed by atoms with Gasteiger partial charge in [0.15, 0.2) is 5.75 Å². The van der Waals surface area contributed by atoms with Gasteiger partial charge in [-0.25, -0.2) is 0 Å². The van der Waals surface area contributed by atoms with Crippen LogP contribution in [0.5, 0.6) is 17.5 Å². The lowest BCUT2D eigenvalue weighted by molar-refractivity contribution is 0.321. The topological polar surface area (TPSA) is 57.4 Å². The maximum Gasteiger partial charge on any atom is 0.222 e. The highest BCUT2D eigenvalue weighted by Crippen LogP contribution is 2.29. The van der Waals surface area contributed by atoms with Crippen LogP contribution >= 0.6 is 11.6 Å². The zero-order valence-electron chi connectivity index (χ0n) is 9.89. The maximum absolute atomic E-state index is 5.88. The average Bonchev–Trinajstić information content (AvgIpc) is 2.35. The molecule has 0 bridgehead atoms. The van der Waals surface area contributed by atoms with Crippen molar-refractivity contribution in [1.82, 2.24) is 4.98 Å². The molecule has 1 aromatic heterocycles. The van der Waals surface area contributed by atoms with Crippen molar-refractivity contribution in [2.45, 2.75) is 6.92 Å². The van der Waals surface area contributed by atoms with Gasteiger partial charge in [-0.1, -0.05) is 17.7 Å². The Kier molecular flexibility index (Phi) is 3.89. The fourth-order valence-corrected chi connectivity index (χ4v) is 1.55. The number of pyridine rings is 1. The summed E-state index contributed by atoms with van der Waals surface area (Å²) in [6, 6.07) is 10.3. The zero-order chi connectivity index (χ0) is 13.0. The molecule has 94 valence electrons. The Hall–Kier alpha value is -1.94. The number of anilines is 1. The van der Waals surface area contributed by atoms with Gasteiger partial charge in [0.25, 0.3) is 0 Å². The van der Waals surface area contributed by atoms with Gasteiger partial charge in [-0.05, 0) is 19.1 Å². The monoisotopic (exact) mass is 264 g/mol. The molecule has 0 unspecified atom stereocenters. The van der Waals surface area contributed by atoms with E-state index in [0.717, 1.165) is 0 Å². The first-order chi connectivity index (χ1) is 8.69. The van der Waals surface area contributed by atoms with Crippen molar-refractivity contribution in [3.8, 4) is 17.5 Å². The number of hydrogen-bond donors (Lipinski definition) is 1. The Balaban J connectivity index is 2.22. The van der Waals surface area contributed by atoms with Crippen LogP contribution in [0, 0.1) is 0 Å². The van der Waals surface area contributed by atoms with E-state index in [0.29, 0.717) is 34.8 Å². The summed E-state index contributed by atoms with van der Waals surface area (Å²) in [6.45, 7) is 2.44. The third-order valence-corrected chi connectivity index (χ3v) is 2.42. The molecule has 4 nitrogen and oxygen atoms in total. The SMILES string of the molecule is CCOc1cccc(Oc2cc(Cl)ccc2N)n1. The van der Waals surface area contributed by atoms with Crippen LogP contribution in [0.2, 0.25) is 5.02 Å². The predicted molar refractivity (Wildman–Crippen MR) is 71.3 cm³/mol. The van der Waals surface area contributed by atoms with E-state index in [9.17, 15) is 0 Å². The molecule has 0 aliphatic heterocycles. The number of hydrogen-bond acceptors (Lipinski definition) is 4. The van der Waals surface area contributed by atoms with E-state index in [4.69, 9.17) is 26.8 Å². The van der Waals surface area contributed by atoms with E-state index >= 15 is 0 Å². The fourth-order valence-electron chi connectivity index (χ4n) is 1.39. The maximum atomic E-state index is 5.88. The largest absolute Gasteiger partial charge is 0.478 e. The molecule has 0 fully saturated rings. The van der Waals surface area contributed by atoms with Crippen molar-refractivity contribution in [3.05, 3.63) is 41.4 Å². The molecule has 0 saturated carbocycles. The van der Waals surface area contributed by atoms with Crippen LogP contribution < -0.4 is 15.2 Å². The summed E-state index contributed by atoms with van der Waals surface area (Å²) in [6.07, 6.45) is 0. The van der Waals surface area contributed by atoms with Gasteiger partial charge in [0.1, 0.15) is 0 Å². The lowest BCUT2D eigenvalue weighted by Gasteiger charge is -2.09. The first kappa shape index (κ1) is 12.5. The first-order valence-electron chi connectivity index (χ1n) is 5.52. The molecule has 0 atom stereocenters. The van der Waals surface area contributed by atoms with Crippen LogP contribution in [0.15, 0.2) is 36.4 Å². The van der Waals surface area contributed by atoms with Crippen LogP contribution in [0.3, 0.4) is 0 Å². The summed E-state index contributed by atoms with van der Waals surface area (Å²) in [5.74, 6) is 1.40. The summed E-state index contributed by atoms with van der Waals surface area (Å²) < 4.78 is 10.9. The van der Waals surface area contributed by atoms with Crippen molar-refractivity contribution < 1.29 is 9.47 Å². The number of benzene rings is 1. The van der Waals surface area contributed by atoms with Gasteiger partial charge >= 0.3 is 0 Å². The number of nitrogen functional groups attached to an aromatic ring is 1. The van der Waals surface area contributed by atoms with Crippen molar-refractivity contribution in [2.24, 2.45) is 0 Å². The van der Waals surface area contributed by atoms with Gasteiger partial charge in [0, 0.05) is 23.2 Å². The van der Waals surface area contributed by atoms with E-state index in [2.05, 4.69) is 4.98 Å². The van der Waals surface area contributed by atoms with E-state index < -0.39 is 0 Å². The second-order valence-corrected chi connectivity index (χ2v) is 3.97. The van der Waals surface area contributed by atoms with Crippen molar-refractivity contribution in [3.63, 3.8) is 0 Å². The number of rotatable bonds is 4. The van der Waals surface area contributed by atoms with E-state index in [1.54, 1.807) is 36.4 Å². The molecule has 0 aliphatic rings. The van der Waals surface area contributed by atoms with E-state index in [1.165, 1.54) is 0 Å². The second kappa shape index (κ2) is 5.60. The molecular formula is C13H13ClN2O2. The van der Waals surface area contributed by atoms with Crippen LogP contribution in [-0.2, 0) is 0 Å². The fraction of sp³-hybridized carbons (Fsp3) is 0.154. The van der Waals surface area contributed by atoms with Crippen molar-refractivity contribution in [1.29, 1.82) is 0 Å². The van der Waals surface area contributed by atoms with Gasteiger partial charge in [0.05, 0.1) is 12.3 Å². The van der Waals surface area contributed by atoms with Gasteiger partial charge < -0.3 is 15.2 Å². The third-order valence-electron chi connectivity index (χ3n) is 2.18. The van der Waals surface area contributed by atoms with Crippen LogP contribution in [0.4, 0.5) is 5.69 Å². The summed E-state index contributed by atoms with van der Waals surface area (Å²) in [7, 11) is 0. The van der Waals surface area contributed by atoms with Crippen molar-refractivity contribution >= 4 is 17.3 Å². The summed E-state index contributed by atoms with van der Waals surface area (Å²) in [5.41, 5.74) is 6.29. The minimum absolute atomic E-state index is 0.412. The Labute approximate surface area is 110 Å². The molecule has 1 heterocycles. The third kappa shape index (κ3) is 3.05. The predicted octanol–water partition coefficient (Wildman–Crippen LogP) is 3.51. The Morgan fingerprint density at radius 1 is 1.22 bits per heavy atom. The van der Waals surface area contributed by atoms with Gasteiger partial charge in [-0.15, -0.1) is 0 Å². The van der Waals surface area contributed by atoms with E-state index in [1.807, 2.05) is 6.92 Å². The smallest absolute Gasteiger partial charge is 0.222 e. The Morgan fingerprint density at radius 3 is 2.78 bits per heavy atom. The molecule has 0 radical (unpaired) electrons. The minimum atomic E-state index is 0.412. The molecule has 2 rings (SSSR count). The Bertz CT molecular complexity index is 546. The highest BCUT2D eigenvalue weighted by molar-refractivity contribution is 6.30. The summed E-state index contributed by atoms with van der Waals surface area (Å²) in [4.78, 5) is 4.19. The molecule has 0 amide bonds. The molecule has 2 aromatic rings. The number of aromatic nitrogens is 1. The quantitative estimate of drug-likeness (QED) is 0.859. The zero-order valence-corrected chi connectivity index (χ0v) is 10.6. The summed E-state index contributed by atoms with van der Waals surface area (Å²) >= 11 is 5.88.